The highest BCUT2D eigenvalue weighted by Gasteiger charge is 2.07. The van der Waals surface area contributed by atoms with E-state index in [1.54, 1.807) is 13.3 Å². The molecular formula is C14H14N2O4S. The second kappa shape index (κ2) is 6.38. The van der Waals surface area contributed by atoms with E-state index in [9.17, 15) is 8.42 Å². The minimum atomic E-state index is -4.17. The average Bonchev–Trinajstić information content (AvgIpc) is 2.47. The standard InChI is InChI=1S/C14H14N2O4S/c1-20-13-6-2-11(3-7-13)10-15-16-12-4-8-14(9-5-12)21(17,18)19/h2-10,16H,1H3,(H,17,18,19). The van der Waals surface area contributed by atoms with Crippen molar-refractivity contribution in [2.24, 2.45) is 5.10 Å². The molecule has 0 saturated carbocycles. The van der Waals surface area contributed by atoms with Gasteiger partial charge in [0.05, 0.1) is 23.9 Å². The van der Waals surface area contributed by atoms with Crippen LogP contribution < -0.4 is 10.2 Å². The molecule has 21 heavy (non-hydrogen) atoms. The van der Waals surface area contributed by atoms with E-state index in [4.69, 9.17) is 9.29 Å². The molecule has 0 heterocycles. The number of methoxy groups -OCH3 is 1. The van der Waals surface area contributed by atoms with Gasteiger partial charge in [-0.2, -0.15) is 13.5 Å². The lowest BCUT2D eigenvalue weighted by molar-refractivity contribution is 0.415. The normalized spacial score (nSPS) is 11.5. The van der Waals surface area contributed by atoms with E-state index >= 15 is 0 Å². The van der Waals surface area contributed by atoms with Crippen molar-refractivity contribution in [2.75, 3.05) is 12.5 Å². The molecule has 0 aromatic heterocycles. The Morgan fingerprint density at radius 1 is 1.10 bits per heavy atom. The Morgan fingerprint density at radius 2 is 1.71 bits per heavy atom. The molecule has 110 valence electrons. The van der Waals surface area contributed by atoms with Gasteiger partial charge in [-0.05, 0) is 54.1 Å². The Morgan fingerprint density at radius 3 is 2.24 bits per heavy atom. The zero-order chi connectivity index (χ0) is 15.3. The smallest absolute Gasteiger partial charge is 0.294 e. The number of anilines is 1. The predicted molar refractivity (Wildman–Crippen MR) is 80.5 cm³/mol. The number of rotatable bonds is 5. The molecule has 0 bridgehead atoms. The number of hydrazone groups is 1. The molecule has 0 fully saturated rings. The van der Waals surface area contributed by atoms with Crippen LogP contribution in [0.4, 0.5) is 5.69 Å². The van der Waals surface area contributed by atoms with E-state index in [1.165, 1.54) is 24.3 Å². The maximum Gasteiger partial charge on any atom is 0.294 e. The predicted octanol–water partition coefficient (Wildman–Crippen LogP) is 2.39. The lowest BCUT2D eigenvalue weighted by Gasteiger charge is -2.02. The van der Waals surface area contributed by atoms with Crippen LogP contribution in [0.5, 0.6) is 5.75 Å². The fraction of sp³-hybridized carbons (Fsp3) is 0.0714. The third-order valence-electron chi connectivity index (χ3n) is 2.68. The SMILES string of the molecule is COc1ccc(C=NNc2ccc(S(=O)(=O)O)cc2)cc1. The number of hydrogen-bond donors (Lipinski definition) is 2. The van der Waals surface area contributed by atoms with Crippen molar-refractivity contribution >= 4 is 22.0 Å². The Hall–Kier alpha value is -2.38. The molecule has 0 radical (unpaired) electrons. The van der Waals surface area contributed by atoms with Gasteiger partial charge in [0.25, 0.3) is 10.1 Å². The molecule has 0 aliphatic carbocycles. The number of hydrogen-bond acceptors (Lipinski definition) is 5. The Kier molecular flexibility index (Phi) is 4.56. The van der Waals surface area contributed by atoms with Crippen LogP contribution in [0.15, 0.2) is 58.5 Å². The second-order valence-electron chi connectivity index (χ2n) is 4.14. The minimum Gasteiger partial charge on any atom is -0.497 e. The van der Waals surface area contributed by atoms with Crippen molar-refractivity contribution < 1.29 is 17.7 Å². The lowest BCUT2D eigenvalue weighted by Crippen LogP contribution is -1.98. The van der Waals surface area contributed by atoms with Crippen molar-refractivity contribution in [2.45, 2.75) is 4.90 Å². The van der Waals surface area contributed by atoms with Crippen molar-refractivity contribution in [1.29, 1.82) is 0 Å². The highest BCUT2D eigenvalue weighted by molar-refractivity contribution is 7.85. The third kappa shape index (κ3) is 4.30. The zero-order valence-electron chi connectivity index (χ0n) is 11.2. The summed E-state index contributed by atoms with van der Waals surface area (Å²) >= 11 is 0. The summed E-state index contributed by atoms with van der Waals surface area (Å²) in [7, 11) is -2.57. The molecule has 0 saturated heterocycles. The maximum atomic E-state index is 10.9. The zero-order valence-corrected chi connectivity index (χ0v) is 12.0. The van der Waals surface area contributed by atoms with E-state index in [-0.39, 0.29) is 4.90 Å². The highest BCUT2D eigenvalue weighted by Crippen LogP contribution is 2.14. The first kappa shape index (κ1) is 15.0. The minimum absolute atomic E-state index is 0.160. The van der Waals surface area contributed by atoms with Crippen LogP contribution in [0.2, 0.25) is 0 Å². The van der Waals surface area contributed by atoms with E-state index in [0.717, 1.165) is 11.3 Å². The molecule has 2 aromatic rings. The van der Waals surface area contributed by atoms with Gasteiger partial charge in [0, 0.05) is 0 Å². The summed E-state index contributed by atoms with van der Waals surface area (Å²) in [5.74, 6) is 0.765. The fourth-order valence-corrected chi connectivity index (χ4v) is 2.05. The Bertz CT molecular complexity index is 723. The lowest BCUT2D eigenvalue weighted by atomic mass is 10.2. The first-order chi connectivity index (χ1) is 9.99. The van der Waals surface area contributed by atoms with Crippen LogP contribution in [0.25, 0.3) is 0 Å². The van der Waals surface area contributed by atoms with Gasteiger partial charge < -0.3 is 4.74 Å². The van der Waals surface area contributed by atoms with Crippen molar-refractivity contribution in [3.8, 4) is 5.75 Å². The van der Waals surface area contributed by atoms with E-state index in [2.05, 4.69) is 10.5 Å². The fourth-order valence-electron chi connectivity index (χ4n) is 1.57. The van der Waals surface area contributed by atoms with Gasteiger partial charge in [-0.3, -0.25) is 9.98 Å². The molecule has 6 nitrogen and oxygen atoms in total. The van der Waals surface area contributed by atoms with Crippen molar-refractivity contribution in [3.63, 3.8) is 0 Å². The molecule has 0 aliphatic heterocycles. The molecule has 7 heteroatoms. The summed E-state index contributed by atoms with van der Waals surface area (Å²) < 4.78 is 35.7. The van der Waals surface area contributed by atoms with Gasteiger partial charge in [-0.25, -0.2) is 0 Å². The number of nitrogens with zero attached hydrogens (tertiary/aromatic N) is 1. The monoisotopic (exact) mass is 306 g/mol. The van der Waals surface area contributed by atoms with Gasteiger partial charge in [-0.1, -0.05) is 0 Å². The second-order valence-corrected chi connectivity index (χ2v) is 5.56. The van der Waals surface area contributed by atoms with Gasteiger partial charge >= 0.3 is 0 Å². The summed E-state index contributed by atoms with van der Waals surface area (Å²) in [6.07, 6.45) is 1.62. The molecule has 2 N–H and O–H groups in total. The molecule has 0 spiro atoms. The maximum absolute atomic E-state index is 10.9. The van der Waals surface area contributed by atoms with Crippen LogP contribution in [0.1, 0.15) is 5.56 Å². The summed E-state index contributed by atoms with van der Waals surface area (Å²) in [6.45, 7) is 0. The number of ether oxygens (including phenoxy) is 1. The third-order valence-corrected chi connectivity index (χ3v) is 3.54. The molecular weight excluding hydrogens is 292 g/mol. The Labute approximate surface area is 122 Å². The van der Waals surface area contributed by atoms with Gasteiger partial charge in [0.2, 0.25) is 0 Å². The largest absolute Gasteiger partial charge is 0.497 e. The number of nitrogens with one attached hydrogen (secondary N) is 1. The van der Waals surface area contributed by atoms with E-state index in [1.807, 2.05) is 24.3 Å². The quantitative estimate of drug-likeness (QED) is 0.503. The summed E-state index contributed by atoms with van der Waals surface area (Å²) in [5, 5.41) is 4.03. The highest BCUT2D eigenvalue weighted by atomic mass is 32.2. The van der Waals surface area contributed by atoms with Gasteiger partial charge in [0.1, 0.15) is 5.75 Å². The summed E-state index contributed by atoms with van der Waals surface area (Å²) in [5.41, 5.74) is 4.25. The topological polar surface area (TPSA) is 88.0 Å². The summed E-state index contributed by atoms with van der Waals surface area (Å²) in [6, 6.07) is 12.9. The Balaban J connectivity index is 2.00. The van der Waals surface area contributed by atoms with Gasteiger partial charge in [-0.15, -0.1) is 0 Å². The van der Waals surface area contributed by atoms with Crippen LogP contribution in [-0.2, 0) is 10.1 Å². The molecule has 0 atom stereocenters. The average molecular weight is 306 g/mol. The van der Waals surface area contributed by atoms with Gasteiger partial charge in [0.15, 0.2) is 0 Å². The van der Waals surface area contributed by atoms with E-state index < -0.39 is 10.1 Å². The molecule has 0 amide bonds. The first-order valence-corrected chi connectivity index (χ1v) is 7.44. The van der Waals surface area contributed by atoms with Crippen molar-refractivity contribution in [1.82, 2.24) is 0 Å². The molecule has 2 aromatic carbocycles. The molecule has 0 unspecified atom stereocenters. The van der Waals surface area contributed by atoms with Crippen LogP contribution >= 0.6 is 0 Å². The first-order valence-electron chi connectivity index (χ1n) is 6.00. The van der Waals surface area contributed by atoms with Crippen molar-refractivity contribution in [3.05, 3.63) is 54.1 Å². The van der Waals surface area contributed by atoms with Crippen LogP contribution in [0, 0.1) is 0 Å². The van der Waals surface area contributed by atoms with E-state index in [0.29, 0.717) is 5.69 Å². The van der Waals surface area contributed by atoms with Crippen LogP contribution in [-0.4, -0.2) is 26.3 Å². The molecule has 2 rings (SSSR count). The number of benzene rings is 2. The van der Waals surface area contributed by atoms with Crippen LogP contribution in [0.3, 0.4) is 0 Å². The molecule has 0 aliphatic rings. The summed E-state index contributed by atoms with van der Waals surface area (Å²) in [4.78, 5) is -0.160.